The summed E-state index contributed by atoms with van der Waals surface area (Å²) in [4.78, 5) is 13.6. The number of amides is 1. The van der Waals surface area contributed by atoms with Crippen molar-refractivity contribution in [3.63, 3.8) is 0 Å². The molecule has 0 radical (unpaired) electrons. The van der Waals surface area contributed by atoms with Gasteiger partial charge in [0, 0.05) is 6.54 Å². The first-order valence-electron chi connectivity index (χ1n) is 8.32. The average molecular weight is 387 g/mol. The van der Waals surface area contributed by atoms with Crippen molar-refractivity contribution >= 4 is 15.9 Å². The quantitative estimate of drug-likeness (QED) is 0.551. The molecule has 0 bridgehead atoms. The van der Waals surface area contributed by atoms with Gasteiger partial charge in [0.2, 0.25) is 10.0 Å². The lowest BCUT2D eigenvalue weighted by Crippen LogP contribution is -2.48. The van der Waals surface area contributed by atoms with Gasteiger partial charge in [0.05, 0.1) is 12.0 Å². The number of benzene rings is 2. The highest BCUT2D eigenvalue weighted by atomic mass is 32.2. The van der Waals surface area contributed by atoms with Crippen LogP contribution < -0.4 is 9.46 Å². The molecule has 0 aliphatic heterocycles. The number of hydrogen-bond acceptors (Lipinski definition) is 5. The van der Waals surface area contributed by atoms with Crippen LogP contribution in [-0.4, -0.2) is 38.9 Å². The maximum absolute atomic E-state index is 12.7. The fraction of sp³-hybridized carbons (Fsp3) is 0.263. The summed E-state index contributed by atoms with van der Waals surface area (Å²) in [5, 5.41) is 9.15. The van der Waals surface area contributed by atoms with Crippen molar-refractivity contribution < 1.29 is 17.9 Å². The van der Waals surface area contributed by atoms with Crippen molar-refractivity contribution in [2.24, 2.45) is 0 Å². The molecule has 0 aliphatic rings. The lowest BCUT2D eigenvalue weighted by molar-refractivity contribution is -0.129. The molecule has 2 aromatic rings. The molecule has 2 rings (SSSR count). The summed E-state index contributed by atoms with van der Waals surface area (Å²) in [6.45, 7) is 1.81. The van der Waals surface area contributed by atoms with Crippen molar-refractivity contribution in [2.45, 2.75) is 24.3 Å². The molecular formula is C19H21N3O4S. The summed E-state index contributed by atoms with van der Waals surface area (Å²) in [6, 6.07) is 13.8. The van der Waals surface area contributed by atoms with Crippen LogP contribution in [0.5, 0.6) is 5.75 Å². The van der Waals surface area contributed by atoms with Crippen LogP contribution in [0.2, 0.25) is 0 Å². The lowest BCUT2D eigenvalue weighted by atomic mass is 10.1. The standard InChI is InChI=1S/C19H21N3O4S/c1-3-22(14-20)19(23)18(13-15-7-5-4-6-8-15)21-27(24,25)17-11-9-16(26-2)10-12-17/h4-12,18,21H,3,13H2,1-2H3. The summed E-state index contributed by atoms with van der Waals surface area (Å²) < 4.78 is 32.9. The molecule has 8 heteroatoms. The Morgan fingerprint density at radius 1 is 1.19 bits per heavy atom. The number of nitrogens with one attached hydrogen (secondary N) is 1. The Kier molecular flexibility index (Phi) is 6.93. The first-order valence-corrected chi connectivity index (χ1v) is 9.81. The first kappa shape index (κ1) is 20.4. The minimum atomic E-state index is -3.96. The van der Waals surface area contributed by atoms with Gasteiger partial charge in [0.25, 0.3) is 5.91 Å². The number of sulfonamides is 1. The summed E-state index contributed by atoms with van der Waals surface area (Å²) in [5.74, 6) is -0.0755. The summed E-state index contributed by atoms with van der Waals surface area (Å²) in [7, 11) is -2.48. The van der Waals surface area contributed by atoms with E-state index in [0.717, 1.165) is 10.5 Å². The Morgan fingerprint density at radius 2 is 1.81 bits per heavy atom. The average Bonchev–Trinajstić information content (AvgIpc) is 2.69. The van der Waals surface area contributed by atoms with Gasteiger partial charge in [-0.2, -0.15) is 9.98 Å². The molecule has 0 heterocycles. The van der Waals surface area contributed by atoms with Crippen LogP contribution in [0.3, 0.4) is 0 Å². The number of likely N-dealkylation sites (N-methyl/N-ethyl adjacent to an activating group) is 1. The van der Waals surface area contributed by atoms with Crippen molar-refractivity contribution in [1.29, 1.82) is 5.26 Å². The molecule has 2 aromatic carbocycles. The van der Waals surface area contributed by atoms with E-state index in [1.165, 1.54) is 31.4 Å². The van der Waals surface area contributed by atoms with Gasteiger partial charge in [-0.3, -0.25) is 4.79 Å². The van der Waals surface area contributed by atoms with Crippen LogP contribution in [0.1, 0.15) is 12.5 Å². The third-order valence-corrected chi connectivity index (χ3v) is 5.44. The molecule has 0 aliphatic carbocycles. The SMILES string of the molecule is CCN(C#N)C(=O)C(Cc1ccccc1)NS(=O)(=O)c1ccc(OC)cc1. The van der Waals surface area contributed by atoms with Crippen molar-refractivity contribution in [1.82, 2.24) is 9.62 Å². The minimum absolute atomic E-state index is 0.00849. The lowest BCUT2D eigenvalue weighted by Gasteiger charge is -2.21. The van der Waals surface area contributed by atoms with Gasteiger partial charge in [-0.15, -0.1) is 0 Å². The van der Waals surface area contributed by atoms with E-state index in [4.69, 9.17) is 10.00 Å². The molecular weight excluding hydrogens is 366 g/mol. The summed E-state index contributed by atoms with van der Waals surface area (Å²) in [5.41, 5.74) is 0.780. The molecule has 0 spiro atoms. The maximum atomic E-state index is 12.7. The highest BCUT2D eigenvalue weighted by Gasteiger charge is 2.29. The third kappa shape index (κ3) is 5.29. The Hall–Kier alpha value is -2.89. The molecule has 0 saturated carbocycles. The molecule has 142 valence electrons. The number of hydrogen-bond donors (Lipinski definition) is 1. The number of nitriles is 1. The van der Waals surface area contributed by atoms with E-state index < -0.39 is 22.0 Å². The van der Waals surface area contributed by atoms with Crippen molar-refractivity contribution in [3.05, 3.63) is 60.2 Å². The van der Waals surface area contributed by atoms with E-state index in [1.54, 1.807) is 37.4 Å². The Labute approximate surface area is 159 Å². The zero-order chi connectivity index (χ0) is 19.9. The predicted molar refractivity (Wildman–Crippen MR) is 100 cm³/mol. The van der Waals surface area contributed by atoms with Gasteiger partial charge in [-0.25, -0.2) is 13.3 Å². The third-order valence-electron chi connectivity index (χ3n) is 3.95. The normalized spacial score (nSPS) is 12.0. The van der Waals surface area contributed by atoms with Crippen LogP contribution in [0.25, 0.3) is 0 Å². The number of methoxy groups -OCH3 is 1. The van der Waals surface area contributed by atoms with Gasteiger partial charge in [0.1, 0.15) is 11.8 Å². The summed E-state index contributed by atoms with van der Waals surface area (Å²) in [6.07, 6.45) is 1.92. The fourth-order valence-corrected chi connectivity index (χ4v) is 3.69. The second-order valence-electron chi connectivity index (χ2n) is 5.72. The highest BCUT2D eigenvalue weighted by Crippen LogP contribution is 2.17. The van der Waals surface area contributed by atoms with Gasteiger partial charge in [-0.05, 0) is 43.2 Å². The van der Waals surface area contributed by atoms with E-state index in [-0.39, 0.29) is 17.9 Å². The monoisotopic (exact) mass is 387 g/mol. The zero-order valence-corrected chi connectivity index (χ0v) is 15.9. The van der Waals surface area contributed by atoms with E-state index in [1.807, 2.05) is 6.07 Å². The van der Waals surface area contributed by atoms with E-state index in [0.29, 0.717) is 5.75 Å². The molecule has 1 atom stereocenters. The Balaban J connectivity index is 2.31. The number of rotatable bonds is 8. The molecule has 27 heavy (non-hydrogen) atoms. The summed E-state index contributed by atoms with van der Waals surface area (Å²) >= 11 is 0. The molecule has 1 N–H and O–H groups in total. The highest BCUT2D eigenvalue weighted by molar-refractivity contribution is 7.89. The van der Waals surface area contributed by atoms with Gasteiger partial charge in [0.15, 0.2) is 6.19 Å². The van der Waals surface area contributed by atoms with Crippen molar-refractivity contribution in [3.8, 4) is 11.9 Å². The van der Waals surface area contributed by atoms with E-state index in [9.17, 15) is 13.2 Å². The van der Waals surface area contributed by atoms with Crippen LogP contribution in [0, 0.1) is 11.5 Å². The molecule has 1 unspecified atom stereocenters. The fourth-order valence-electron chi connectivity index (χ4n) is 2.50. The first-order chi connectivity index (χ1) is 12.9. The molecule has 1 amide bonds. The second kappa shape index (κ2) is 9.16. The minimum Gasteiger partial charge on any atom is -0.497 e. The maximum Gasteiger partial charge on any atom is 0.254 e. The Bertz CT molecular complexity index is 906. The largest absolute Gasteiger partial charge is 0.497 e. The number of carbonyl (C=O) groups excluding carboxylic acids is 1. The number of carbonyl (C=O) groups is 1. The zero-order valence-electron chi connectivity index (χ0n) is 15.1. The van der Waals surface area contributed by atoms with E-state index >= 15 is 0 Å². The van der Waals surface area contributed by atoms with Crippen LogP contribution in [-0.2, 0) is 21.2 Å². The smallest absolute Gasteiger partial charge is 0.254 e. The topological polar surface area (TPSA) is 99.5 Å². The van der Waals surface area contributed by atoms with Gasteiger partial charge < -0.3 is 4.74 Å². The van der Waals surface area contributed by atoms with Crippen LogP contribution in [0.15, 0.2) is 59.5 Å². The molecule has 0 aromatic heterocycles. The van der Waals surface area contributed by atoms with Crippen LogP contribution >= 0.6 is 0 Å². The van der Waals surface area contributed by atoms with Crippen LogP contribution in [0.4, 0.5) is 0 Å². The molecule has 7 nitrogen and oxygen atoms in total. The van der Waals surface area contributed by atoms with Gasteiger partial charge in [-0.1, -0.05) is 30.3 Å². The Morgan fingerprint density at radius 3 is 2.33 bits per heavy atom. The van der Waals surface area contributed by atoms with E-state index in [2.05, 4.69) is 4.72 Å². The number of ether oxygens (including phenoxy) is 1. The second-order valence-corrected chi connectivity index (χ2v) is 7.44. The number of nitrogens with zero attached hydrogens (tertiary/aromatic N) is 2. The molecule has 0 saturated heterocycles. The van der Waals surface area contributed by atoms with Gasteiger partial charge >= 0.3 is 0 Å². The predicted octanol–water partition coefficient (Wildman–Crippen LogP) is 1.91. The molecule has 0 fully saturated rings. The van der Waals surface area contributed by atoms with Crippen molar-refractivity contribution in [2.75, 3.05) is 13.7 Å².